The fourth-order valence-electron chi connectivity index (χ4n) is 3.77. The number of aryl methyl sites for hydroxylation is 1. The fraction of sp³-hybridized carbons (Fsp3) is 0.667. The molecule has 1 saturated heterocycles. The van der Waals surface area contributed by atoms with Gasteiger partial charge in [0.25, 0.3) is 0 Å². The van der Waals surface area contributed by atoms with Gasteiger partial charge in [0, 0.05) is 11.6 Å². The van der Waals surface area contributed by atoms with Crippen LogP contribution in [-0.2, 0) is 6.42 Å². The lowest BCUT2D eigenvalue weighted by atomic mass is 9.79. The maximum absolute atomic E-state index is 6.72. The molecule has 1 aliphatic rings. The van der Waals surface area contributed by atoms with Crippen molar-refractivity contribution in [3.8, 4) is 0 Å². The number of benzene rings is 1. The Balaban J connectivity index is 2.27. The summed E-state index contributed by atoms with van der Waals surface area (Å²) in [5.74, 6) is 0. The highest BCUT2D eigenvalue weighted by Crippen LogP contribution is 2.37. The van der Waals surface area contributed by atoms with Gasteiger partial charge in [0.05, 0.1) is 0 Å². The highest BCUT2D eigenvalue weighted by atomic mass is 15.2. The van der Waals surface area contributed by atoms with Crippen LogP contribution in [0.5, 0.6) is 0 Å². The van der Waals surface area contributed by atoms with Crippen molar-refractivity contribution in [2.24, 2.45) is 5.73 Å². The molecule has 1 unspecified atom stereocenters. The third-order valence-electron chi connectivity index (χ3n) is 5.29. The lowest BCUT2D eigenvalue weighted by Crippen LogP contribution is -2.53. The van der Waals surface area contributed by atoms with E-state index in [9.17, 15) is 0 Å². The van der Waals surface area contributed by atoms with Crippen molar-refractivity contribution in [3.05, 3.63) is 35.4 Å². The van der Waals surface area contributed by atoms with E-state index in [-0.39, 0.29) is 11.6 Å². The summed E-state index contributed by atoms with van der Waals surface area (Å²) in [6, 6.07) is 9.05. The van der Waals surface area contributed by atoms with E-state index >= 15 is 0 Å². The van der Waals surface area contributed by atoms with Gasteiger partial charge in [-0.05, 0) is 56.3 Å². The molecule has 0 amide bonds. The van der Waals surface area contributed by atoms with E-state index < -0.39 is 0 Å². The average Bonchev–Trinajstić information content (AvgIpc) is 3.04. The van der Waals surface area contributed by atoms with Crippen LogP contribution in [0.2, 0.25) is 0 Å². The van der Waals surface area contributed by atoms with Gasteiger partial charge in [0.2, 0.25) is 0 Å². The van der Waals surface area contributed by atoms with E-state index in [0.29, 0.717) is 0 Å². The molecule has 20 heavy (non-hydrogen) atoms. The molecule has 2 heteroatoms. The summed E-state index contributed by atoms with van der Waals surface area (Å²) < 4.78 is 0. The molecule has 0 spiro atoms. The van der Waals surface area contributed by atoms with Crippen LogP contribution < -0.4 is 5.73 Å². The van der Waals surface area contributed by atoms with Crippen LogP contribution in [0.3, 0.4) is 0 Å². The van der Waals surface area contributed by atoms with Crippen LogP contribution in [0.4, 0.5) is 0 Å². The predicted molar refractivity (Wildman–Crippen MR) is 86.9 cm³/mol. The fourth-order valence-corrected chi connectivity index (χ4v) is 3.77. The van der Waals surface area contributed by atoms with Gasteiger partial charge in [-0.15, -0.1) is 0 Å². The van der Waals surface area contributed by atoms with Crippen LogP contribution in [-0.4, -0.2) is 23.5 Å². The Morgan fingerprint density at radius 1 is 1.05 bits per heavy atom. The van der Waals surface area contributed by atoms with E-state index in [1.54, 1.807) is 0 Å². The van der Waals surface area contributed by atoms with Gasteiger partial charge in [-0.25, -0.2) is 0 Å². The van der Waals surface area contributed by atoms with Gasteiger partial charge in [-0.2, -0.15) is 0 Å². The van der Waals surface area contributed by atoms with Crippen LogP contribution in [0, 0.1) is 0 Å². The minimum Gasteiger partial charge on any atom is -0.322 e. The van der Waals surface area contributed by atoms with Crippen molar-refractivity contribution in [1.82, 2.24) is 4.90 Å². The Morgan fingerprint density at radius 2 is 1.60 bits per heavy atom. The van der Waals surface area contributed by atoms with Crippen LogP contribution in [0.25, 0.3) is 0 Å². The van der Waals surface area contributed by atoms with Gasteiger partial charge < -0.3 is 5.73 Å². The number of nitrogens with two attached hydrogens (primary N) is 1. The Labute approximate surface area is 124 Å². The zero-order valence-corrected chi connectivity index (χ0v) is 13.4. The van der Waals surface area contributed by atoms with Gasteiger partial charge in [0.1, 0.15) is 0 Å². The molecule has 1 aliphatic heterocycles. The Kier molecular flexibility index (Phi) is 5.22. The summed E-state index contributed by atoms with van der Waals surface area (Å²) in [5, 5.41) is 0. The van der Waals surface area contributed by atoms with Crippen LogP contribution in [0.1, 0.15) is 63.6 Å². The van der Waals surface area contributed by atoms with Crippen molar-refractivity contribution in [2.45, 2.75) is 64.5 Å². The van der Waals surface area contributed by atoms with E-state index in [0.717, 1.165) is 19.3 Å². The lowest BCUT2D eigenvalue weighted by molar-refractivity contribution is 0.0767. The molecule has 1 atom stereocenters. The van der Waals surface area contributed by atoms with Crippen LogP contribution in [0.15, 0.2) is 24.3 Å². The third-order valence-corrected chi connectivity index (χ3v) is 5.29. The number of hydrogen-bond donors (Lipinski definition) is 1. The summed E-state index contributed by atoms with van der Waals surface area (Å²) in [6.45, 7) is 9.20. The average molecular weight is 274 g/mol. The minimum atomic E-state index is 0.113. The first kappa shape index (κ1) is 15.5. The minimum absolute atomic E-state index is 0.113. The molecule has 1 fully saturated rings. The first-order chi connectivity index (χ1) is 9.67. The molecule has 112 valence electrons. The number of likely N-dealkylation sites (tertiary alicyclic amines) is 1. The normalized spacial score (nSPS) is 18.4. The largest absolute Gasteiger partial charge is 0.322 e. The number of rotatable bonds is 6. The van der Waals surface area contributed by atoms with E-state index in [2.05, 4.69) is 49.9 Å². The monoisotopic (exact) mass is 274 g/mol. The summed E-state index contributed by atoms with van der Waals surface area (Å²) in [5.41, 5.74) is 9.53. The molecule has 0 saturated carbocycles. The molecule has 1 aromatic carbocycles. The predicted octanol–water partition coefficient (Wildman–Crippen LogP) is 3.90. The standard InChI is InChI=1S/C18H30N2/c1-4-15-9-11-16(12-10-15)17(19)18(5-2,6-3)20-13-7-8-14-20/h9-12,17H,4-8,13-14,19H2,1-3H3. The number of hydrogen-bond acceptors (Lipinski definition) is 2. The second-order valence-corrected chi connectivity index (χ2v) is 6.08. The van der Waals surface area contributed by atoms with E-state index in [1.165, 1.54) is 37.1 Å². The lowest BCUT2D eigenvalue weighted by Gasteiger charge is -2.45. The van der Waals surface area contributed by atoms with Gasteiger partial charge in [-0.1, -0.05) is 45.0 Å². The van der Waals surface area contributed by atoms with Gasteiger partial charge >= 0.3 is 0 Å². The highest BCUT2D eigenvalue weighted by Gasteiger charge is 2.40. The molecular formula is C18H30N2. The second-order valence-electron chi connectivity index (χ2n) is 6.08. The van der Waals surface area contributed by atoms with E-state index in [4.69, 9.17) is 5.73 Å². The van der Waals surface area contributed by atoms with Crippen molar-refractivity contribution in [3.63, 3.8) is 0 Å². The van der Waals surface area contributed by atoms with Crippen molar-refractivity contribution in [2.75, 3.05) is 13.1 Å². The first-order valence-electron chi connectivity index (χ1n) is 8.27. The molecule has 2 N–H and O–H groups in total. The van der Waals surface area contributed by atoms with Gasteiger partial charge in [-0.3, -0.25) is 4.90 Å². The number of nitrogens with zero attached hydrogens (tertiary/aromatic N) is 1. The van der Waals surface area contributed by atoms with Crippen molar-refractivity contribution in [1.29, 1.82) is 0 Å². The topological polar surface area (TPSA) is 29.3 Å². The molecule has 2 rings (SSSR count). The second kappa shape index (κ2) is 6.73. The summed E-state index contributed by atoms with van der Waals surface area (Å²) in [6.07, 6.45) is 5.99. The maximum Gasteiger partial charge on any atom is 0.0481 e. The summed E-state index contributed by atoms with van der Waals surface area (Å²) in [7, 11) is 0. The smallest absolute Gasteiger partial charge is 0.0481 e. The zero-order chi connectivity index (χ0) is 14.6. The molecule has 2 nitrogen and oxygen atoms in total. The first-order valence-corrected chi connectivity index (χ1v) is 8.27. The maximum atomic E-state index is 6.72. The SMILES string of the molecule is CCc1ccc(C(N)C(CC)(CC)N2CCCC2)cc1. The third kappa shape index (κ3) is 2.77. The molecule has 0 bridgehead atoms. The molecule has 0 aliphatic carbocycles. The zero-order valence-electron chi connectivity index (χ0n) is 13.4. The van der Waals surface area contributed by atoms with E-state index in [1.807, 2.05) is 0 Å². The quantitative estimate of drug-likeness (QED) is 0.852. The highest BCUT2D eigenvalue weighted by molar-refractivity contribution is 5.27. The molecule has 1 heterocycles. The van der Waals surface area contributed by atoms with Crippen molar-refractivity contribution < 1.29 is 0 Å². The van der Waals surface area contributed by atoms with Crippen LogP contribution >= 0.6 is 0 Å². The Bertz CT molecular complexity index is 400. The Hall–Kier alpha value is -0.860. The molecule has 0 aromatic heterocycles. The Morgan fingerprint density at radius 3 is 2.05 bits per heavy atom. The summed E-state index contributed by atoms with van der Waals surface area (Å²) >= 11 is 0. The van der Waals surface area contributed by atoms with Crippen molar-refractivity contribution >= 4 is 0 Å². The molecule has 1 aromatic rings. The van der Waals surface area contributed by atoms with Gasteiger partial charge in [0.15, 0.2) is 0 Å². The molecule has 0 radical (unpaired) electrons. The molecular weight excluding hydrogens is 244 g/mol. The summed E-state index contributed by atoms with van der Waals surface area (Å²) in [4.78, 5) is 2.64.